The monoisotopic (exact) mass is 532 g/mol. The molecule has 2 aromatic rings. The van der Waals surface area contributed by atoms with Gasteiger partial charge < -0.3 is 29.4 Å². The molecule has 2 N–H and O–H groups in total. The minimum atomic E-state index is -3.87. The molecule has 2 fully saturated rings. The van der Waals surface area contributed by atoms with Crippen molar-refractivity contribution in [3.8, 4) is 11.5 Å². The second kappa shape index (κ2) is 11.0. The third-order valence-electron chi connectivity index (χ3n) is 6.90. The molecule has 2 saturated heterocycles. The Kier molecular flexibility index (Phi) is 7.68. The smallest absolute Gasteiger partial charge is 0.243 e. The summed E-state index contributed by atoms with van der Waals surface area (Å²) >= 11 is 0. The topological polar surface area (TPSA) is 124 Å². The van der Waals surface area contributed by atoms with Crippen LogP contribution in [-0.2, 0) is 30.8 Å². The zero-order valence-corrected chi connectivity index (χ0v) is 21.5. The zero-order valence-electron chi connectivity index (χ0n) is 20.7. The summed E-state index contributed by atoms with van der Waals surface area (Å²) in [5.41, 5.74) is 1.85. The zero-order chi connectivity index (χ0) is 26.0. The van der Waals surface area contributed by atoms with E-state index >= 15 is 0 Å². The minimum Gasteiger partial charge on any atom is -0.454 e. The average molecular weight is 533 g/mol. The molecule has 0 spiro atoms. The van der Waals surface area contributed by atoms with E-state index in [0.717, 1.165) is 11.1 Å². The van der Waals surface area contributed by atoms with Crippen LogP contribution in [0.2, 0.25) is 0 Å². The average Bonchev–Trinajstić information content (AvgIpc) is 3.34. The van der Waals surface area contributed by atoms with Gasteiger partial charge in [-0.25, -0.2) is 8.42 Å². The van der Waals surface area contributed by atoms with Crippen molar-refractivity contribution >= 4 is 15.9 Å². The molecular formula is C26H32N2O8S. The Morgan fingerprint density at radius 1 is 1.08 bits per heavy atom. The van der Waals surface area contributed by atoms with Crippen LogP contribution in [-0.4, -0.2) is 74.6 Å². The molecule has 0 saturated carbocycles. The number of benzene rings is 2. The van der Waals surface area contributed by atoms with Crippen LogP contribution in [0.1, 0.15) is 30.4 Å². The Bertz CT molecular complexity index is 1220. The van der Waals surface area contributed by atoms with E-state index in [1.807, 2.05) is 25.1 Å². The minimum absolute atomic E-state index is 0.00713. The number of ether oxygens (including phenoxy) is 4. The molecule has 1 amide bonds. The molecule has 0 bridgehead atoms. The third-order valence-corrected chi connectivity index (χ3v) is 8.81. The van der Waals surface area contributed by atoms with E-state index in [-0.39, 0.29) is 49.9 Å². The fraction of sp³-hybridized carbons (Fsp3) is 0.500. The summed E-state index contributed by atoms with van der Waals surface area (Å²) in [5, 5.41) is 13.3. The molecule has 0 aliphatic carbocycles. The largest absolute Gasteiger partial charge is 0.454 e. The Morgan fingerprint density at radius 3 is 2.68 bits per heavy atom. The van der Waals surface area contributed by atoms with Gasteiger partial charge in [-0.2, -0.15) is 4.31 Å². The molecule has 200 valence electrons. The fourth-order valence-corrected chi connectivity index (χ4v) is 6.66. The number of carbonyl (C=O) groups excluding carboxylic acids is 1. The van der Waals surface area contributed by atoms with Gasteiger partial charge in [0.05, 0.1) is 48.9 Å². The predicted octanol–water partition coefficient (Wildman–Crippen LogP) is 1.73. The van der Waals surface area contributed by atoms with Gasteiger partial charge in [-0.15, -0.1) is 0 Å². The van der Waals surface area contributed by atoms with Crippen LogP contribution < -0.4 is 14.8 Å². The molecule has 4 atom stereocenters. The standard InChI is InChI=1S/C26H32N2O8S/c1-17-2-6-21(7-3-17)37(31,32)28-13-19(29)14-33-15-25-22(28)8-5-20(36-25)11-26(30)27-12-18-4-9-23-24(10-18)35-16-34-23/h2-4,6-7,9-10,19-20,22,25,29H,5,8,11-16H2,1H3,(H,27,30)/t19-,20-,22-,25+/m1/s1. The van der Waals surface area contributed by atoms with E-state index in [4.69, 9.17) is 18.9 Å². The number of hydrogen-bond acceptors (Lipinski definition) is 8. The lowest BCUT2D eigenvalue weighted by molar-refractivity contribution is -0.146. The number of nitrogens with zero attached hydrogens (tertiary/aromatic N) is 1. The van der Waals surface area contributed by atoms with Gasteiger partial charge in [0.15, 0.2) is 11.5 Å². The summed E-state index contributed by atoms with van der Waals surface area (Å²) in [6, 6.07) is 11.7. The van der Waals surface area contributed by atoms with E-state index in [1.54, 1.807) is 24.3 Å². The van der Waals surface area contributed by atoms with E-state index < -0.39 is 28.3 Å². The Balaban J connectivity index is 1.22. The van der Waals surface area contributed by atoms with Gasteiger partial charge >= 0.3 is 0 Å². The first-order chi connectivity index (χ1) is 17.8. The summed E-state index contributed by atoms with van der Waals surface area (Å²) in [4.78, 5) is 12.8. The molecule has 11 heteroatoms. The van der Waals surface area contributed by atoms with E-state index in [0.29, 0.717) is 30.9 Å². The molecule has 3 aliphatic rings. The number of fused-ring (bicyclic) bond motifs is 2. The van der Waals surface area contributed by atoms with Gasteiger partial charge in [-0.1, -0.05) is 23.8 Å². The lowest BCUT2D eigenvalue weighted by atomic mass is 9.96. The fourth-order valence-electron chi connectivity index (χ4n) is 4.95. The quantitative estimate of drug-likeness (QED) is 0.577. The first kappa shape index (κ1) is 25.9. The van der Waals surface area contributed by atoms with Crippen LogP contribution in [0.5, 0.6) is 11.5 Å². The number of rotatable bonds is 6. The van der Waals surface area contributed by atoms with Crippen molar-refractivity contribution in [1.29, 1.82) is 0 Å². The second-order valence-electron chi connectivity index (χ2n) is 9.69. The van der Waals surface area contributed by atoms with Crippen LogP contribution >= 0.6 is 0 Å². The molecule has 0 radical (unpaired) electrons. The highest BCUT2D eigenvalue weighted by atomic mass is 32.2. The summed E-state index contributed by atoms with van der Waals surface area (Å²) < 4.78 is 51.0. The number of hydrogen-bond donors (Lipinski definition) is 2. The van der Waals surface area contributed by atoms with Gasteiger partial charge in [-0.3, -0.25) is 4.79 Å². The number of β-amino-alcohol motifs (C(OH)–C–C–N with tert-alkyl or cyclic N) is 1. The summed E-state index contributed by atoms with van der Waals surface area (Å²) in [6.45, 7) is 2.49. The van der Waals surface area contributed by atoms with Gasteiger partial charge in [0, 0.05) is 13.1 Å². The molecule has 37 heavy (non-hydrogen) atoms. The number of nitrogens with one attached hydrogen (secondary N) is 1. The van der Waals surface area contributed by atoms with Crippen molar-refractivity contribution in [2.45, 2.75) is 62.0 Å². The van der Waals surface area contributed by atoms with Crippen molar-refractivity contribution in [2.75, 3.05) is 26.6 Å². The van der Waals surface area contributed by atoms with Gasteiger partial charge in [0.25, 0.3) is 0 Å². The second-order valence-corrected chi connectivity index (χ2v) is 11.6. The first-order valence-electron chi connectivity index (χ1n) is 12.4. The van der Waals surface area contributed by atoms with Crippen molar-refractivity contribution in [3.05, 3.63) is 53.6 Å². The lowest BCUT2D eigenvalue weighted by Crippen LogP contribution is -2.57. The number of sulfonamides is 1. The highest BCUT2D eigenvalue weighted by Gasteiger charge is 2.43. The molecule has 3 heterocycles. The summed E-state index contributed by atoms with van der Waals surface area (Å²) in [6.07, 6.45) is -0.703. The first-order valence-corrected chi connectivity index (χ1v) is 13.9. The maximum absolute atomic E-state index is 13.6. The van der Waals surface area contributed by atoms with Crippen LogP contribution in [0.15, 0.2) is 47.4 Å². The SMILES string of the molecule is Cc1ccc(S(=O)(=O)N2C[C@@H](O)COC[C@@H]3O[C@@H](CC(=O)NCc4ccc5c(c4)OCO5)CC[C@H]32)cc1. The van der Waals surface area contributed by atoms with Crippen molar-refractivity contribution in [1.82, 2.24) is 9.62 Å². The molecule has 0 unspecified atom stereocenters. The van der Waals surface area contributed by atoms with Gasteiger partial charge in [0.1, 0.15) is 0 Å². The van der Waals surface area contributed by atoms with Crippen LogP contribution in [0.3, 0.4) is 0 Å². The molecule has 0 aromatic heterocycles. The molecule has 5 rings (SSSR count). The normalized spacial score (nSPS) is 26.1. The van der Waals surface area contributed by atoms with E-state index in [9.17, 15) is 18.3 Å². The third kappa shape index (κ3) is 5.91. The number of aliphatic hydroxyl groups is 1. The molecular weight excluding hydrogens is 500 g/mol. The van der Waals surface area contributed by atoms with Crippen molar-refractivity contribution in [3.63, 3.8) is 0 Å². The molecule has 2 aromatic carbocycles. The van der Waals surface area contributed by atoms with Crippen LogP contribution in [0.4, 0.5) is 0 Å². The van der Waals surface area contributed by atoms with Crippen LogP contribution in [0, 0.1) is 6.92 Å². The maximum Gasteiger partial charge on any atom is 0.243 e. The number of aryl methyl sites for hydroxylation is 1. The molecule has 10 nitrogen and oxygen atoms in total. The predicted molar refractivity (Wildman–Crippen MR) is 133 cm³/mol. The Labute approximate surface area is 216 Å². The van der Waals surface area contributed by atoms with Gasteiger partial charge in [0.2, 0.25) is 22.7 Å². The summed E-state index contributed by atoms with van der Waals surface area (Å²) in [7, 11) is -3.87. The highest BCUT2D eigenvalue weighted by Crippen LogP contribution is 2.33. The van der Waals surface area contributed by atoms with E-state index in [1.165, 1.54) is 4.31 Å². The van der Waals surface area contributed by atoms with Crippen molar-refractivity contribution in [2.24, 2.45) is 0 Å². The maximum atomic E-state index is 13.6. The lowest BCUT2D eigenvalue weighted by Gasteiger charge is -2.43. The van der Waals surface area contributed by atoms with Crippen LogP contribution in [0.25, 0.3) is 0 Å². The Hall–Kier alpha value is -2.70. The highest BCUT2D eigenvalue weighted by molar-refractivity contribution is 7.89. The number of carbonyl (C=O) groups is 1. The van der Waals surface area contributed by atoms with Crippen molar-refractivity contribution < 1.29 is 37.3 Å². The van der Waals surface area contributed by atoms with Gasteiger partial charge in [-0.05, 0) is 49.6 Å². The van der Waals surface area contributed by atoms with E-state index in [2.05, 4.69) is 5.32 Å². The number of aliphatic hydroxyl groups excluding tert-OH is 1. The Morgan fingerprint density at radius 2 is 1.86 bits per heavy atom. The number of amides is 1. The summed E-state index contributed by atoms with van der Waals surface area (Å²) in [5.74, 6) is 1.19. The molecule has 3 aliphatic heterocycles.